The molecule has 4 rings (SSSR count). The first kappa shape index (κ1) is 35.3. The summed E-state index contributed by atoms with van der Waals surface area (Å²) in [5, 5.41) is 4.13. The maximum atomic E-state index is 14.6. The molecule has 0 aliphatic heterocycles. The number of hydrogen-bond donors (Lipinski definition) is 1. The summed E-state index contributed by atoms with van der Waals surface area (Å²) >= 11 is 18.9. The molecule has 0 spiro atoms. The van der Waals surface area contributed by atoms with E-state index in [0.29, 0.717) is 20.6 Å². The van der Waals surface area contributed by atoms with Crippen molar-refractivity contribution in [2.24, 2.45) is 0 Å². The van der Waals surface area contributed by atoms with E-state index in [4.69, 9.17) is 34.8 Å². The molecular weight excluding hydrogens is 665 g/mol. The van der Waals surface area contributed by atoms with Crippen molar-refractivity contribution in [1.82, 2.24) is 10.2 Å². The first-order chi connectivity index (χ1) is 21.6. The summed E-state index contributed by atoms with van der Waals surface area (Å²) in [5.41, 5.74) is 1.87. The lowest BCUT2D eigenvalue weighted by Crippen LogP contribution is -2.56. The number of halogens is 3. The van der Waals surface area contributed by atoms with Gasteiger partial charge in [-0.15, -0.1) is 0 Å². The highest BCUT2D eigenvalue weighted by molar-refractivity contribution is 7.92. The van der Waals surface area contributed by atoms with Gasteiger partial charge in [0.1, 0.15) is 12.6 Å². The summed E-state index contributed by atoms with van der Waals surface area (Å²) in [7, 11) is -4.23. The number of hydrogen-bond acceptors (Lipinski definition) is 4. The largest absolute Gasteiger partial charge is 0.350 e. The fourth-order valence-corrected chi connectivity index (χ4v) is 6.82. The number of carbonyl (C=O) groups is 2. The number of anilines is 1. The molecular formula is C35H36Cl3N3O4S. The molecule has 1 N–H and O–H groups in total. The molecule has 0 bridgehead atoms. The minimum atomic E-state index is -4.23. The molecule has 0 saturated carbocycles. The minimum absolute atomic E-state index is 0.0134. The van der Waals surface area contributed by atoms with Crippen LogP contribution in [0.4, 0.5) is 5.69 Å². The Morgan fingerprint density at radius 1 is 0.826 bits per heavy atom. The molecule has 242 valence electrons. The van der Waals surface area contributed by atoms with Gasteiger partial charge in [-0.25, -0.2) is 8.42 Å². The Kier molecular flexibility index (Phi) is 11.4. The van der Waals surface area contributed by atoms with E-state index in [2.05, 4.69) is 5.32 Å². The molecule has 0 aliphatic rings. The molecule has 0 radical (unpaired) electrons. The van der Waals surface area contributed by atoms with Gasteiger partial charge in [-0.1, -0.05) is 88.9 Å². The van der Waals surface area contributed by atoms with Gasteiger partial charge in [0.05, 0.1) is 10.6 Å². The molecule has 0 unspecified atom stereocenters. The van der Waals surface area contributed by atoms with Crippen LogP contribution in [0.3, 0.4) is 0 Å². The van der Waals surface area contributed by atoms with Crippen molar-refractivity contribution in [2.75, 3.05) is 10.8 Å². The lowest BCUT2D eigenvalue weighted by molar-refractivity contribution is -0.140. The molecule has 0 fully saturated rings. The first-order valence-corrected chi connectivity index (χ1v) is 17.2. The van der Waals surface area contributed by atoms with E-state index < -0.39 is 40.0 Å². The Bertz CT molecular complexity index is 1780. The molecule has 7 nitrogen and oxygen atoms in total. The second-order valence-electron chi connectivity index (χ2n) is 12.0. The van der Waals surface area contributed by atoms with Crippen molar-refractivity contribution in [3.8, 4) is 0 Å². The van der Waals surface area contributed by atoms with E-state index in [1.807, 2.05) is 58.0 Å². The Hall–Kier alpha value is -3.56. The minimum Gasteiger partial charge on any atom is -0.350 e. The highest BCUT2D eigenvalue weighted by Gasteiger charge is 2.36. The van der Waals surface area contributed by atoms with E-state index in [-0.39, 0.29) is 23.5 Å². The standard InChI is InChI=1S/C35H36Cl3N3O4S/c1-24-10-18-30(19-11-24)46(44,45)41(29-16-14-27(36)15-17-29)23-33(42)40(22-26-12-13-28(37)21-31(26)38)32(34(43)39-35(2,3)4)20-25-8-6-5-7-9-25/h5-19,21,32H,20,22-23H2,1-4H3,(H,39,43)/t32-/m0/s1. The maximum absolute atomic E-state index is 14.6. The number of rotatable bonds is 11. The lowest BCUT2D eigenvalue weighted by atomic mass is 10.0. The van der Waals surface area contributed by atoms with Crippen LogP contribution < -0.4 is 9.62 Å². The summed E-state index contributed by atoms with van der Waals surface area (Å²) < 4.78 is 29.3. The fraction of sp³-hybridized carbons (Fsp3) is 0.257. The van der Waals surface area contributed by atoms with Gasteiger partial charge < -0.3 is 10.2 Å². The summed E-state index contributed by atoms with van der Waals surface area (Å²) in [5.74, 6) is -1.00. The van der Waals surface area contributed by atoms with Crippen molar-refractivity contribution in [3.05, 3.63) is 129 Å². The second-order valence-corrected chi connectivity index (χ2v) is 15.1. The van der Waals surface area contributed by atoms with Gasteiger partial charge in [-0.2, -0.15) is 0 Å². The Labute approximate surface area is 286 Å². The number of aryl methyl sites for hydroxylation is 1. The summed E-state index contributed by atoms with van der Waals surface area (Å²) in [6.07, 6.45) is 0.172. The van der Waals surface area contributed by atoms with Crippen LogP contribution in [0.1, 0.15) is 37.5 Å². The molecule has 0 saturated heterocycles. The number of sulfonamides is 1. The van der Waals surface area contributed by atoms with Crippen LogP contribution in [0, 0.1) is 6.92 Å². The number of nitrogens with one attached hydrogen (secondary N) is 1. The third kappa shape index (κ3) is 9.26. The van der Waals surface area contributed by atoms with Gasteiger partial charge in [0, 0.05) is 33.6 Å². The smallest absolute Gasteiger partial charge is 0.264 e. The maximum Gasteiger partial charge on any atom is 0.264 e. The van der Waals surface area contributed by atoms with Crippen molar-refractivity contribution >= 4 is 62.3 Å². The highest BCUT2D eigenvalue weighted by atomic mass is 35.5. The normalized spacial score (nSPS) is 12.3. The topological polar surface area (TPSA) is 86.8 Å². The molecule has 11 heteroatoms. The predicted molar refractivity (Wildman–Crippen MR) is 186 cm³/mol. The zero-order chi connectivity index (χ0) is 33.6. The summed E-state index contributed by atoms with van der Waals surface area (Å²) in [6.45, 7) is 6.72. The van der Waals surface area contributed by atoms with Crippen LogP contribution in [0.25, 0.3) is 0 Å². The molecule has 0 aliphatic carbocycles. The number of benzene rings is 4. The van der Waals surface area contributed by atoms with Crippen LogP contribution in [0.5, 0.6) is 0 Å². The van der Waals surface area contributed by atoms with Crippen LogP contribution in [-0.2, 0) is 32.6 Å². The fourth-order valence-electron chi connectivity index (χ4n) is 4.81. The molecule has 2 amide bonds. The van der Waals surface area contributed by atoms with Gasteiger partial charge in [0.15, 0.2) is 0 Å². The third-order valence-electron chi connectivity index (χ3n) is 7.13. The zero-order valence-corrected chi connectivity index (χ0v) is 29.1. The summed E-state index contributed by atoms with van der Waals surface area (Å²) in [6, 6.07) is 25.8. The third-order valence-corrected chi connectivity index (χ3v) is 9.75. The van der Waals surface area contributed by atoms with Crippen LogP contribution in [-0.4, -0.2) is 43.3 Å². The van der Waals surface area contributed by atoms with Gasteiger partial charge in [0.2, 0.25) is 11.8 Å². The van der Waals surface area contributed by atoms with Gasteiger partial charge >= 0.3 is 0 Å². The number of nitrogens with zero attached hydrogens (tertiary/aromatic N) is 2. The average Bonchev–Trinajstić information content (AvgIpc) is 2.99. The Morgan fingerprint density at radius 3 is 2.02 bits per heavy atom. The van der Waals surface area contributed by atoms with E-state index in [0.717, 1.165) is 15.4 Å². The quantitative estimate of drug-likeness (QED) is 0.174. The highest BCUT2D eigenvalue weighted by Crippen LogP contribution is 2.28. The van der Waals surface area contributed by atoms with Gasteiger partial charge in [-0.05, 0) is 87.4 Å². The van der Waals surface area contributed by atoms with E-state index in [1.54, 1.807) is 42.5 Å². The molecule has 1 atom stereocenters. The van der Waals surface area contributed by atoms with Crippen molar-refractivity contribution < 1.29 is 18.0 Å². The van der Waals surface area contributed by atoms with Crippen LogP contribution in [0.15, 0.2) is 102 Å². The Morgan fingerprint density at radius 2 is 1.43 bits per heavy atom. The second kappa shape index (κ2) is 14.9. The number of carbonyl (C=O) groups excluding carboxylic acids is 2. The predicted octanol–water partition coefficient (Wildman–Crippen LogP) is 7.71. The van der Waals surface area contributed by atoms with Crippen LogP contribution in [0.2, 0.25) is 15.1 Å². The molecule has 4 aromatic carbocycles. The van der Waals surface area contributed by atoms with Gasteiger partial charge in [-0.3, -0.25) is 13.9 Å². The number of amides is 2. The first-order valence-electron chi connectivity index (χ1n) is 14.6. The molecule has 0 aromatic heterocycles. The van der Waals surface area contributed by atoms with E-state index in [9.17, 15) is 18.0 Å². The average molecular weight is 701 g/mol. The molecule has 0 heterocycles. The SMILES string of the molecule is Cc1ccc(S(=O)(=O)N(CC(=O)N(Cc2ccc(Cl)cc2Cl)[C@@H](Cc2ccccc2)C(=O)NC(C)(C)C)c2ccc(Cl)cc2)cc1. The van der Waals surface area contributed by atoms with Gasteiger partial charge in [0.25, 0.3) is 10.0 Å². The van der Waals surface area contributed by atoms with E-state index in [1.165, 1.54) is 29.2 Å². The van der Waals surface area contributed by atoms with Crippen molar-refractivity contribution in [2.45, 2.75) is 57.1 Å². The van der Waals surface area contributed by atoms with Crippen LogP contribution >= 0.6 is 34.8 Å². The monoisotopic (exact) mass is 699 g/mol. The summed E-state index contributed by atoms with van der Waals surface area (Å²) in [4.78, 5) is 29.9. The van der Waals surface area contributed by atoms with Crippen molar-refractivity contribution in [1.29, 1.82) is 0 Å². The van der Waals surface area contributed by atoms with Crippen molar-refractivity contribution in [3.63, 3.8) is 0 Å². The zero-order valence-electron chi connectivity index (χ0n) is 26.0. The molecule has 4 aromatic rings. The van der Waals surface area contributed by atoms with E-state index >= 15 is 0 Å². The Balaban J connectivity index is 1.83. The lowest BCUT2D eigenvalue weighted by Gasteiger charge is -2.35. The molecule has 46 heavy (non-hydrogen) atoms.